The predicted octanol–water partition coefficient (Wildman–Crippen LogP) is 5.76. The highest BCUT2D eigenvalue weighted by Crippen LogP contribution is 2.36. The predicted molar refractivity (Wildman–Crippen MR) is 120 cm³/mol. The van der Waals surface area contributed by atoms with Gasteiger partial charge in [-0.15, -0.1) is 0 Å². The third-order valence-electron chi connectivity index (χ3n) is 5.00. The lowest BCUT2D eigenvalue weighted by molar-refractivity contribution is 0.306. The molecule has 1 aromatic heterocycles. The zero-order chi connectivity index (χ0) is 20.9. The summed E-state index contributed by atoms with van der Waals surface area (Å²) in [6, 6.07) is 29.8. The quantitative estimate of drug-likeness (QED) is 0.470. The summed E-state index contributed by atoms with van der Waals surface area (Å²) in [6.45, 7) is 2.45. The normalized spacial score (nSPS) is 10.4. The maximum Gasteiger partial charge on any atom is 0.142 e. The van der Waals surface area contributed by atoms with E-state index in [1.165, 1.54) is 0 Å². The lowest BCUT2D eigenvalue weighted by atomic mass is 9.93. The molecule has 0 bridgehead atoms. The molecule has 4 heteroatoms. The van der Waals surface area contributed by atoms with E-state index in [2.05, 4.69) is 11.1 Å². The van der Waals surface area contributed by atoms with E-state index in [-0.39, 0.29) is 5.82 Å². The van der Waals surface area contributed by atoms with E-state index in [1.807, 2.05) is 91.9 Å². The molecule has 4 nitrogen and oxygen atoms in total. The first-order chi connectivity index (χ1) is 14.7. The first-order valence-corrected chi connectivity index (χ1v) is 9.70. The number of benzene rings is 3. The molecule has 0 aliphatic carbocycles. The zero-order valence-corrected chi connectivity index (χ0v) is 16.7. The molecule has 0 amide bonds. The smallest absolute Gasteiger partial charge is 0.142 e. The van der Waals surface area contributed by atoms with Crippen molar-refractivity contribution in [3.05, 3.63) is 102 Å². The first kappa shape index (κ1) is 19.2. The van der Waals surface area contributed by atoms with Crippen molar-refractivity contribution >= 4 is 5.82 Å². The largest absolute Gasteiger partial charge is 0.489 e. The number of hydrogen-bond donors (Lipinski definition) is 1. The Hall–Kier alpha value is -4.10. The monoisotopic (exact) mass is 391 g/mol. The van der Waals surface area contributed by atoms with E-state index in [9.17, 15) is 5.26 Å². The Morgan fingerprint density at radius 3 is 2.27 bits per heavy atom. The number of ether oxygens (including phenoxy) is 1. The second-order valence-electron chi connectivity index (χ2n) is 7.00. The summed E-state index contributed by atoms with van der Waals surface area (Å²) >= 11 is 0. The van der Waals surface area contributed by atoms with Crippen LogP contribution in [-0.4, -0.2) is 4.98 Å². The minimum Gasteiger partial charge on any atom is -0.489 e. The lowest BCUT2D eigenvalue weighted by Crippen LogP contribution is -2.03. The minimum absolute atomic E-state index is 0.229. The van der Waals surface area contributed by atoms with Crippen molar-refractivity contribution in [2.24, 2.45) is 0 Å². The maximum absolute atomic E-state index is 9.77. The van der Waals surface area contributed by atoms with Gasteiger partial charge in [0, 0.05) is 11.1 Å². The fourth-order valence-corrected chi connectivity index (χ4v) is 3.53. The highest BCUT2D eigenvalue weighted by Gasteiger charge is 2.18. The molecular formula is C26H21N3O. The van der Waals surface area contributed by atoms with Crippen LogP contribution in [0.5, 0.6) is 5.75 Å². The number of aromatic nitrogens is 1. The van der Waals surface area contributed by atoms with Gasteiger partial charge >= 0.3 is 0 Å². The summed E-state index contributed by atoms with van der Waals surface area (Å²) in [4.78, 5) is 4.52. The average molecular weight is 391 g/mol. The third kappa shape index (κ3) is 3.87. The van der Waals surface area contributed by atoms with Crippen LogP contribution in [0.1, 0.15) is 16.7 Å². The topological polar surface area (TPSA) is 71.9 Å². The van der Waals surface area contributed by atoms with Crippen molar-refractivity contribution in [2.45, 2.75) is 13.5 Å². The summed E-state index contributed by atoms with van der Waals surface area (Å²) < 4.78 is 5.98. The number of nitriles is 1. The van der Waals surface area contributed by atoms with Gasteiger partial charge in [-0.25, -0.2) is 4.98 Å². The molecular weight excluding hydrogens is 370 g/mol. The third-order valence-corrected chi connectivity index (χ3v) is 5.00. The van der Waals surface area contributed by atoms with Crippen LogP contribution in [0.25, 0.3) is 22.4 Å². The van der Waals surface area contributed by atoms with Gasteiger partial charge in [0.15, 0.2) is 0 Å². The van der Waals surface area contributed by atoms with Crippen LogP contribution in [0, 0.1) is 18.3 Å². The first-order valence-electron chi connectivity index (χ1n) is 9.70. The number of nitrogen functional groups attached to an aromatic ring is 1. The Balaban J connectivity index is 1.76. The molecule has 0 saturated carbocycles. The second kappa shape index (κ2) is 8.50. The number of pyridine rings is 1. The lowest BCUT2D eigenvalue weighted by Gasteiger charge is -2.16. The standard InChI is InChI=1S/C26H21N3O/c1-18-24(23(16-27)26(28)29-25(18)20-11-6-3-7-12-20)21-13-8-14-22(15-21)30-17-19-9-4-2-5-10-19/h2-15H,17H2,1H3,(H2,28,29). The molecule has 0 saturated heterocycles. The van der Waals surface area contributed by atoms with Gasteiger partial charge < -0.3 is 10.5 Å². The van der Waals surface area contributed by atoms with E-state index < -0.39 is 0 Å². The molecule has 1 heterocycles. The molecule has 30 heavy (non-hydrogen) atoms. The molecule has 3 aromatic carbocycles. The van der Waals surface area contributed by atoms with Gasteiger partial charge in [0.25, 0.3) is 0 Å². The zero-order valence-electron chi connectivity index (χ0n) is 16.7. The van der Waals surface area contributed by atoms with Crippen LogP contribution in [0.2, 0.25) is 0 Å². The van der Waals surface area contributed by atoms with Crippen LogP contribution in [0.15, 0.2) is 84.9 Å². The summed E-state index contributed by atoms with van der Waals surface area (Å²) in [5, 5.41) is 9.77. The number of rotatable bonds is 5. The number of hydrogen-bond acceptors (Lipinski definition) is 4. The van der Waals surface area contributed by atoms with Crippen molar-refractivity contribution in [1.29, 1.82) is 5.26 Å². The van der Waals surface area contributed by atoms with E-state index >= 15 is 0 Å². The highest BCUT2D eigenvalue weighted by molar-refractivity contribution is 5.84. The molecule has 0 spiro atoms. The molecule has 4 aromatic rings. The van der Waals surface area contributed by atoms with Crippen LogP contribution in [-0.2, 0) is 6.61 Å². The van der Waals surface area contributed by atoms with Gasteiger partial charge in [-0.2, -0.15) is 5.26 Å². The van der Waals surface area contributed by atoms with Crippen LogP contribution in [0.4, 0.5) is 5.82 Å². The van der Waals surface area contributed by atoms with Gasteiger partial charge in [-0.1, -0.05) is 72.8 Å². The molecule has 0 fully saturated rings. The van der Waals surface area contributed by atoms with Crippen molar-refractivity contribution in [1.82, 2.24) is 4.98 Å². The van der Waals surface area contributed by atoms with Crippen molar-refractivity contribution in [2.75, 3.05) is 5.73 Å². The van der Waals surface area contributed by atoms with Gasteiger partial charge in [0.05, 0.1) is 5.69 Å². The van der Waals surface area contributed by atoms with E-state index in [0.29, 0.717) is 12.2 Å². The number of anilines is 1. The number of nitrogens with zero attached hydrogens (tertiary/aromatic N) is 2. The van der Waals surface area contributed by atoms with Crippen molar-refractivity contribution in [3.63, 3.8) is 0 Å². The highest BCUT2D eigenvalue weighted by atomic mass is 16.5. The molecule has 0 atom stereocenters. The maximum atomic E-state index is 9.77. The van der Waals surface area contributed by atoms with Gasteiger partial charge in [0.2, 0.25) is 0 Å². The Bertz CT molecular complexity index is 1210. The van der Waals surface area contributed by atoms with Crippen LogP contribution in [0.3, 0.4) is 0 Å². The molecule has 4 rings (SSSR count). The summed E-state index contributed by atoms with van der Waals surface area (Å²) in [6.07, 6.45) is 0. The van der Waals surface area contributed by atoms with E-state index in [1.54, 1.807) is 0 Å². The fourth-order valence-electron chi connectivity index (χ4n) is 3.53. The van der Waals surface area contributed by atoms with E-state index in [0.717, 1.165) is 39.3 Å². The molecule has 0 unspecified atom stereocenters. The molecule has 146 valence electrons. The molecule has 0 radical (unpaired) electrons. The summed E-state index contributed by atoms with van der Waals surface area (Å²) in [5.74, 6) is 0.962. The molecule has 0 aliphatic heterocycles. The average Bonchev–Trinajstić information content (AvgIpc) is 2.80. The van der Waals surface area contributed by atoms with Gasteiger partial charge in [0.1, 0.15) is 29.8 Å². The Labute approximate surface area is 176 Å². The fraction of sp³-hybridized carbons (Fsp3) is 0.0769. The van der Waals surface area contributed by atoms with Crippen LogP contribution < -0.4 is 10.5 Å². The Morgan fingerprint density at radius 1 is 0.900 bits per heavy atom. The van der Waals surface area contributed by atoms with Crippen LogP contribution >= 0.6 is 0 Å². The summed E-state index contributed by atoms with van der Waals surface area (Å²) in [5.41, 5.74) is 12.0. The minimum atomic E-state index is 0.229. The van der Waals surface area contributed by atoms with Crippen molar-refractivity contribution in [3.8, 4) is 34.2 Å². The van der Waals surface area contributed by atoms with E-state index in [4.69, 9.17) is 10.5 Å². The Kier molecular flexibility index (Phi) is 5.45. The molecule has 2 N–H and O–H groups in total. The van der Waals surface area contributed by atoms with Crippen molar-refractivity contribution < 1.29 is 4.74 Å². The second-order valence-corrected chi connectivity index (χ2v) is 7.00. The van der Waals surface area contributed by atoms with Gasteiger partial charge in [-0.3, -0.25) is 0 Å². The Morgan fingerprint density at radius 2 is 1.57 bits per heavy atom. The van der Waals surface area contributed by atoms with Gasteiger partial charge in [-0.05, 0) is 35.7 Å². The SMILES string of the molecule is Cc1c(-c2ccccc2)nc(N)c(C#N)c1-c1cccc(OCc2ccccc2)c1. The summed E-state index contributed by atoms with van der Waals surface area (Å²) in [7, 11) is 0. The molecule has 0 aliphatic rings. The number of nitrogens with two attached hydrogens (primary N) is 1.